The normalized spacial score (nSPS) is 23.7. The molecular formula is C18H22N4O4S. The minimum absolute atomic E-state index is 0.0856. The SMILES string of the molecule is Cn1nccc1CCC(=O)N[C@H]1C[C@H]2COc3ccccc3S(=O)(=O)N2C1. The van der Waals surface area contributed by atoms with Crippen LogP contribution in [0.4, 0.5) is 0 Å². The van der Waals surface area contributed by atoms with Crippen LogP contribution in [0.5, 0.6) is 5.75 Å². The van der Waals surface area contributed by atoms with Gasteiger partial charge in [-0.15, -0.1) is 0 Å². The number of amides is 1. The molecule has 1 fully saturated rings. The maximum Gasteiger partial charge on any atom is 0.247 e. The summed E-state index contributed by atoms with van der Waals surface area (Å²) in [5.74, 6) is 0.307. The smallest absolute Gasteiger partial charge is 0.247 e. The Bertz CT molecular complexity index is 956. The number of hydrogen-bond acceptors (Lipinski definition) is 5. The standard InChI is InChI=1S/C18H22N4O4S/c1-21-14(8-9-19-21)6-7-18(23)20-13-10-15-12-26-16-4-2-3-5-17(16)27(24,25)22(15)11-13/h2-5,8-9,13,15H,6-7,10-12H2,1H3,(H,20,23)/t13-,15-/m0/s1. The Morgan fingerprint density at radius 3 is 2.93 bits per heavy atom. The predicted molar refractivity (Wildman–Crippen MR) is 97.7 cm³/mol. The van der Waals surface area contributed by atoms with Gasteiger partial charge in [0.05, 0.1) is 6.04 Å². The highest BCUT2D eigenvalue weighted by atomic mass is 32.2. The van der Waals surface area contributed by atoms with Crippen molar-refractivity contribution in [2.24, 2.45) is 7.05 Å². The van der Waals surface area contributed by atoms with Crippen molar-refractivity contribution < 1.29 is 17.9 Å². The number of sulfonamides is 1. The van der Waals surface area contributed by atoms with Crippen molar-refractivity contribution >= 4 is 15.9 Å². The molecule has 1 aromatic heterocycles. The van der Waals surface area contributed by atoms with Crippen LogP contribution in [0.15, 0.2) is 41.4 Å². The van der Waals surface area contributed by atoms with Crippen molar-refractivity contribution in [2.75, 3.05) is 13.2 Å². The lowest BCUT2D eigenvalue weighted by Crippen LogP contribution is -2.39. The number of nitrogens with one attached hydrogen (secondary N) is 1. The van der Waals surface area contributed by atoms with Gasteiger partial charge in [-0.3, -0.25) is 9.48 Å². The minimum atomic E-state index is -3.63. The van der Waals surface area contributed by atoms with Crippen LogP contribution in [-0.4, -0.2) is 53.6 Å². The summed E-state index contributed by atoms with van der Waals surface area (Å²) in [6.45, 7) is 0.555. The number of aromatic nitrogens is 2. The number of aryl methyl sites for hydroxylation is 2. The highest BCUT2D eigenvalue weighted by molar-refractivity contribution is 7.89. The number of para-hydroxylation sites is 1. The molecule has 9 heteroatoms. The maximum atomic E-state index is 13.0. The van der Waals surface area contributed by atoms with Gasteiger partial charge in [-0.05, 0) is 31.0 Å². The van der Waals surface area contributed by atoms with Crippen molar-refractivity contribution in [3.05, 3.63) is 42.2 Å². The summed E-state index contributed by atoms with van der Waals surface area (Å²) in [6.07, 6.45) is 3.18. The molecule has 8 nitrogen and oxygen atoms in total. The van der Waals surface area contributed by atoms with E-state index in [4.69, 9.17) is 4.74 Å². The Labute approximate surface area is 158 Å². The molecule has 4 rings (SSSR count). The Kier molecular flexibility index (Phi) is 4.65. The first-order valence-electron chi connectivity index (χ1n) is 8.95. The first kappa shape index (κ1) is 18.0. The minimum Gasteiger partial charge on any atom is -0.490 e. The van der Waals surface area contributed by atoms with E-state index in [-0.39, 0.29) is 36.0 Å². The molecule has 2 atom stereocenters. The van der Waals surface area contributed by atoms with E-state index in [9.17, 15) is 13.2 Å². The van der Waals surface area contributed by atoms with Crippen LogP contribution in [0.1, 0.15) is 18.5 Å². The second kappa shape index (κ2) is 6.97. The maximum absolute atomic E-state index is 13.0. The van der Waals surface area contributed by atoms with E-state index in [1.807, 2.05) is 13.1 Å². The molecule has 2 aliphatic heterocycles. The van der Waals surface area contributed by atoms with Crippen LogP contribution >= 0.6 is 0 Å². The lowest BCUT2D eigenvalue weighted by atomic mass is 10.1. The molecule has 1 N–H and O–H groups in total. The van der Waals surface area contributed by atoms with Gasteiger partial charge in [-0.25, -0.2) is 8.42 Å². The van der Waals surface area contributed by atoms with Crippen molar-refractivity contribution in [3.63, 3.8) is 0 Å². The van der Waals surface area contributed by atoms with E-state index in [1.165, 1.54) is 4.31 Å². The van der Waals surface area contributed by atoms with Gasteiger partial charge < -0.3 is 10.1 Å². The van der Waals surface area contributed by atoms with Crippen LogP contribution in [0, 0.1) is 0 Å². The topological polar surface area (TPSA) is 93.5 Å². The largest absolute Gasteiger partial charge is 0.490 e. The predicted octanol–water partition coefficient (Wildman–Crippen LogP) is 0.693. The number of nitrogens with zero attached hydrogens (tertiary/aromatic N) is 3. The molecule has 2 aliphatic rings. The molecule has 2 aromatic rings. The molecule has 0 bridgehead atoms. The molecule has 0 aliphatic carbocycles. The molecule has 1 amide bonds. The van der Waals surface area contributed by atoms with Crippen molar-refractivity contribution in [1.29, 1.82) is 0 Å². The summed E-state index contributed by atoms with van der Waals surface area (Å²) in [4.78, 5) is 12.5. The van der Waals surface area contributed by atoms with Gasteiger partial charge in [-0.2, -0.15) is 9.40 Å². The van der Waals surface area contributed by atoms with Crippen LogP contribution in [0.2, 0.25) is 0 Å². The van der Waals surface area contributed by atoms with E-state index < -0.39 is 10.0 Å². The van der Waals surface area contributed by atoms with Crippen molar-refractivity contribution in [2.45, 2.75) is 36.2 Å². The number of hydrogen-bond donors (Lipinski definition) is 1. The average molecular weight is 390 g/mol. The first-order chi connectivity index (χ1) is 12.9. The van der Waals surface area contributed by atoms with E-state index in [1.54, 1.807) is 35.1 Å². The number of fused-ring (bicyclic) bond motifs is 2. The van der Waals surface area contributed by atoms with Gasteiger partial charge in [0.2, 0.25) is 15.9 Å². The second-order valence-electron chi connectivity index (χ2n) is 6.93. The lowest BCUT2D eigenvalue weighted by molar-refractivity contribution is -0.121. The molecule has 144 valence electrons. The molecule has 0 saturated carbocycles. The van der Waals surface area contributed by atoms with Crippen LogP contribution in [0.3, 0.4) is 0 Å². The van der Waals surface area contributed by atoms with Gasteiger partial charge in [0.25, 0.3) is 0 Å². The molecule has 0 spiro atoms. The third-order valence-corrected chi connectivity index (χ3v) is 7.08. The Morgan fingerprint density at radius 2 is 2.15 bits per heavy atom. The molecular weight excluding hydrogens is 368 g/mol. The summed E-state index contributed by atoms with van der Waals surface area (Å²) in [5.41, 5.74) is 0.984. The molecule has 1 aromatic carbocycles. The van der Waals surface area contributed by atoms with Crippen molar-refractivity contribution in [3.8, 4) is 5.75 Å². The highest BCUT2D eigenvalue weighted by Crippen LogP contribution is 2.35. The highest BCUT2D eigenvalue weighted by Gasteiger charge is 2.44. The summed E-state index contributed by atoms with van der Waals surface area (Å²) < 4.78 is 34.9. The second-order valence-corrected chi connectivity index (χ2v) is 8.79. The van der Waals surface area contributed by atoms with E-state index in [0.717, 1.165) is 5.69 Å². The zero-order valence-corrected chi connectivity index (χ0v) is 15.9. The number of ether oxygens (including phenoxy) is 1. The van der Waals surface area contributed by atoms with Gasteiger partial charge in [0, 0.05) is 37.9 Å². The summed E-state index contributed by atoms with van der Waals surface area (Å²) >= 11 is 0. The Morgan fingerprint density at radius 1 is 1.33 bits per heavy atom. The average Bonchev–Trinajstić information content (AvgIpc) is 3.22. The third-order valence-electron chi connectivity index (χ3n) is 5.13. The lowest BCUT2D eigenvalue weighted by Gasteiger charge is -2.19. The summed E-state index contributed by atoms with van der Waals surface area (Å²) in [6, 6.07) is 8.08. The molecule has 0 unspecified atom stereocenters. The fraction of sp³-hybridized carbons (Fsp3) is 0.444. The van der Waals surface area contributed by atoms with Gasteiger partial charge in [-0.1, -0.05) is 12.1 Å². The Balaban J connectivity index is 1.41. The summed E-state index contributed by atoms with van der Waals surface area (Å²) in [7, 11) is -1.79. The Hall–Kier alpha value is -2.39. The van der Waals surface area contributed by atoms with Gasteiger partial charge >= 0.3 is 0 Å². The van der Waals surface area contributed by atoms with E-state index >= 15 is 0 Å². The molecule has 27 heavy (non-hydrogen) atoms. The fourth-order valence-electron chi connectivity index (χ4n) is 3.72. The quantitative estimate of drug-likeness (QED) is 0.829. The molecule has 1 saturated heterocycles. The van der Waals surface area contributed by atoms with E-state index in [0.29, 0.717) is 25.0 Å². The number of carbonyl (C=O) groups excluding carboxylic acids is 1. The van der Waals surface area contributed by atoms with Crippen LogP contribution in [-0.2, 0) is 28.3 Å². The van der Waals surface area contributed by atoms with Crippen LogP contribution < -0.4 is 10.1 Å². The number of carbonyl (C=O) groups is 1. The summed E-state index contributed by atoms with van der Waals surface area (Å²) in [5, 5.41) is 7.06. The molecule has 0 radical (unpaired) electrons. The van der Waals surface area contributed by atoms with Gasteiger partial charge in [0.1, 0.15) is 17.3 Å². The first-order valence-corrected chi connectivity index (χ1v) is 10.4. The monoisotopic (exact) mass is 390 g/mol. The fourth-order valence-corrected chi connectivity index (χ4v) is 5.52. The van der Waals surface area contributed by atoms with Crippen molar-refractivity contribution in [1.82, 2.24) is 19.4 Å². The number of benzene rings is 1. The van der Waals surface area contributed by atoms with Gasteiger partial charge in [0.15, 0.2) is 0 Å². The number of rotatable bonds is 4. The zero-order valence-electron chi connectivity index (χ0n) is 15.0. The third kappa shape index (κ3) is 3.44. The molecule has 3 heterocycles. The zero-order chi connectivity index (χ0) is 19.0. The van der Waals surface area contributed by atoms with Crippen LogP contribution in [0.25, 0.3) is 0 Å². The van der Waals surface area contributed by atoms with E-state index in [2.05, 4.69) is 10.4 Å².